The van der Waals surface area contributed by atoms with Crippen molar-refractivity contribution in [2.75, 3.05) is 29.9 Å². The highest BCUT2D eigenvalue weighted by atomic mass is 35.5. The van der Waals surface area contributed by atoms with E-state index < -0.39 is 5.97 Å². The third kappa shape index (κ3) is 3.69. The lowest BCUT2D eigenvalue weighted by Gasteiger charge is -2.24. The van der Waals surface area contributed by atoms with Gasteiger partial charge >= 0.3 is 5.97 Å². The van der Waals surface area contributed by atoms with Crippen molar-refractivity contribution in [2.24, 2.45) is 24.8 Å². The lowest BCUT2D eigenvalue weighted by atomic mass is 10.0. The van der Waals surface area contributed by atoms with Crippen molar-refractivity contribution in [3.8, 4) is 0 Å². The summed E-state index contributed by atoms with van der Waals surface area (Å²) in [6.45, 7) is 5.56. The minimum absolute atomic E-state index is 0.0958. The summed E-state index contributed by atoms with van der Waals surface area (Å²) in [7, 11) is 1.74. The van der Waals surface area contributed by atoms with Crippen LogP contribution in [-0.4, -0.2) is 50.4 Å². The Morgan fingerprint density at radius 3 is 2.62 bits per heavy atom. The molecule has 0 amide bonds. The molecule has 9 nitrogen and oxygen atoms in total. The third-order valence-corrected chi connectivity index (χ3v) is 7.31. The number of rotatable bonds is 6. The van der Waals surface area contributed by atoms with Crippen LogP contribution in [0.15, 0.2) is 29.1 Å². The van der Waals surface area contributed by atoms with Crippen molar-refractivity contribution in [1.29, 1.82) is 0 Å². The third-order valence-electron chi connectivity index (χ3n) is 7.10. The van der Waals surface area contributed by atoms with Crippen LogP contribution >= 0.6 is 11.6 Å². The molecular weight excluding hydrogens is 458 g/mol. The first-order valence-electron chi connectivity index (χ1n) is 11.2. The minimum Gasteiger partial charge on any atom is -0.476 e. The number of carboxylic acid groups (broad SMARTS) is 1. The molecule has 1 aliphatic carbocycles. The number of aliphatic hydroxyl groups is 1. The van der Waals surface area contributed by atoms with Gasteiger partial charge in [-0.3, -0.25) is 9.36 Å². The molecule has 1 saturated heterocycles. The first-order valence-corrected chi connectivity index (χ1v) is 11.6. The topological polar surface area (TPSA) is 121 Å². The maximum absolute atomic E-state index is 13.3. The normalized spacial score (nSPS) is 22.0. The van der Waals surface area contributed by atoms with Crippen molar-refractivity contribution in [3.05, 3.63) is 56.6 Å². The molecular formula is C24H26ClN5O4. The molecule has 2 aromatic heterocycles. The minimum atomic E-state index is -1.19. The van der Waals surface area contributed by atoms with Gasteiger partial charge in [0.1, 0.15) is 5.15 Å². The number of carbonyl (C=O) groups is 1. The van der Waals surface area contributed by atoms with E-state index in [4.69, 9.17) is 16.6 Å². The van der Waals surface area contributed by atoms with Gasteiger partial charge in [0.2, 0.25) is 5.95 Å². The Morgan fingerprint density at radius 1 is 1.26 bits per heavy atom. The number of fused-ring (bicyclic) bond motifs is 2. The molecule has 10 heteroatoms. The molecule has 5 rings (SSSR count). The highest BCUT2D eigenvalue weighted by molar-refractivity contribution is 6.29. The molecule has 1 saturated carbocycles. The fourth-order valence-corrected chi connectivity index (χ4v) is 5.41. The van der Waals surface area contributed by atoms with E-state index in [1.54, 1.807) is 17.7 Å². The summed E-state index contributed by atoms with van der Waals surface area (Å²) in [5.74, 6) is 0.671. The van der Waals surface area contributed by atoms with E-state index in [1.165, 1.54) is 6.07 Å². The maximum Gasteiger partial charge on any atom is 0.356 e. The largest absolute Gasteiger partial charge is 0.476 e. The van der Waals surface area contributed by atoms with Crippen molar-refractivity contribution >= 4 is 40.1 Å². The lowest BCUT2D eigenvalue weighted by Crippen LogP contribution is -2.33. The Hall–Kier alpha value is -3.17. The van der Waals surface area contributed by atoms with E-state index in [0.29, 0.717) is 40.3 Å². The second kappa shape index (κ2) is 8.25. The molecule has 3 heterocycles. The number of benzene rings is 1. The Kier molecular flexibility index (Phi) is 5.49. The van der Waals surface area contributed by atoms with E-state index in [9.17, 15) is 19.8 Å². The van der Waals surface area contributed by atoms with Crippen LogP contribution in [0.25, 0.3) is 10.9 Å². The van der Waals surface area contributed by atoms with Gasteiger partial charge in [-0.05, 0) is 55.4 Å². The number of piperidine rings is 1. The van der Waals surface area contributed by atoms with Gasteiger partial charge < -0.3 is 20.4 Å². The Bertz CT molecular complexity index is 1360. The van der Waals surface area contributed by atoms with Crippen molar-refractivity contribution < 1.29 is 15.0 Å². The number of aromatic nitrogens is 3. The second-order valence-electron chi connectivity index (χ2n) is 9.31. The highest BCUT2D eigenvalue weighted by Gasteiger charge is 2.55. The number of aromatic carboxylic acids is 1. The van der Waals surface area contributed by atoms with Gasteiger partial charge in [-0.15, -0.1) is 0 Å². The van der Waals surface area contributed by atoms with Gasteiger partial charge in [0.15, 0.2) is 5.69 Å². The summed E-state index contributed by atoms with van der Waals surface area (Å²) in [5, 5.41) is 22.8. The summed E-state index contributed by atoms with van der Waals surface area (Å²) in [6, 6.07) is 6.55. The van der Waals surface area contributed by atoms with Crippen molar-refractivity contribution in [3.63, 3.8) is 0 Å². The van der Waals surface area contributed by atoms with Gasteiger partial charge in [-0.1, -0.05) is 17.7 Å². The number of anilines is 2. The number of nitrogens with one attached hydrogen (secondary N) is 1. The van der Waals surface area contributed by atoms with Gasteiger partial charge in [-0.25, -0.2) is 14.8 Å². The average molecular weight is 484 g/mol. The molecule has 3 N–H and O–H groups in total. The number of hydrogen-bond acceptors (Lipinski definition) is 7. The summed E-state index contributed by atoms with van der Waals surface area (Å²) in [6.07, 6.45) is 0. The zero-order valence-electron chi connectivity index (χ0n) is 19.1. The first kappa shape index (κ1) is 22.6. The van der Waals surface area contributed by atoms with Crippen molar-refractivity contribution in [1.82, 2.24) is 14.5 Å². The zero-order chi connectivity index (χ0) is 24.3. The van der Waals surface area contributed by atoms with Gasteiger partial charge in [0.05, 0.1) is 22.6 Å². The van der Waals surface area contributed by atoms with Crippen LogP contribution < -0.4 is 15.8 Å². The maximum atomic E-state index is 13.3. The second-order valence-corrected chi connectivity index (χ2v) is 9.69. The zero-order valence-corrected chi connectivity index (χ0v) is 19.9. The number of aliphatic hydroxyl groups excluding tert-OH is 1. The molecule has 2 fully saturated rings. The molecule has 0 spiro atoms. The van der Waals surface area contributed by atoms with Gasteiger partial charge in [-0.2, -0.15) is 0 Å². The summed E-state index contributed by atoms with van der Waals surface area (Å²) < 4.78 is 1.59. The van der Waals surface area contributed by atoms with Crippen LogP contribution in [0.4, 0.5) is 11.6 Å². The fraction of sp³-hybridized carbons (Fsp3) is 0.417. The number of halogens is 1. The molecule has 34 heavy (non-hydrogen) atoms. The van der Waals surface area contributed by atoms with Crippen LogP contribution in [0.3, 0.4) is 0 Å². The van der Waals surface area contributed by atoms with Crippen LogP contribution in [0.1, 0.15) is 34.6 Å². The Morgan fingerprint density at radius 2 is 1.97 bits per heavy atom. The van der Waals surface area contributed by atoms with Crippen LogP contribution in [0.5, 0.6) is 0 Å². The van der Waals surface area contributed by atoms with E-state index in [0.717, 1.165) is 24.2 Å². The molecule has 1 aromatic carbocycles. The Balaban J connectivity index is 1.56. The molecule has 3 aromatic rings. The van der Waals surface area contributed by atoms with Gasteiger partial charge in [0.25, 0.3) is 5.56 Å². The smallest absolute Gasteiger partial charge is 0.356 e. The Labute approximate surface area is 201 Å². The predicted octanol–water partition coefficient (Wildman–Crippen LogP) is 2.84. The number of nitrogens with zero attached hydrogens (tertiary/aromatic N) is 4. The van der Waals surface area contributed by atoms with Crippen LogP contribution in [-0.2, 0) is 7.05 Å². The van der Waals surface area contributed by atoms with Crippen molar-refractivity contribution in [2.45, 2.75) is 19.9 Å². The van der Waals surface area contributed by atoms with Crippen LogP contribution in [0.2, 0.25) is 5.15 Å². The van der Waals surface area contributed by atoms with Gasteiger partial charge in [0, 0.05) is 32.3 Å². The van der Waals surface area contributed by atoms with E-state index in [1.807, 2.05) is 26.0 Å². The summed E-state index contributed by atoms with van der Waals surface area (Å²) >= 11 is 5.89. The monoisotopic (exact) mass is 483 g/mol. The fourth-order valence-electron chi connectivity index (χ4n) is 5.26. The molecule has 0 radical (unpaired) electrons. The van der Waals surface area contributed by atoms with E-state index >= 15 is 0 Å². The predicted molar refractivity (Wildman–Crippen MR) is 130 cm³/mol. The summed E-state index contributed by atoms with van der Waals surface area (Å²) in [5.41, 5.74) is 2.31. The summed E-state index contributed by atoms with van der Waals surface area (Å²) in [4.78, 5) is 36.0. The standard InChI is InChI=1S/C24H26ClN5O4/c1-11-6-13(12(2)26-18-4-5-19(25)27-21(18)23(33)34)20-14(7-11)22(32)29(3)24(28-20)30-8-15-16(9-30)17(15)10-31/h4-7,12,15-17,26,31H,8-10H2,1-3H3,(H,33,34). The number of hydrogen-bond donors (Lipinski definition) is 3. The lowest BCUT2D eigenvalue weighted by molar-refractivity contribution is 0.0691. The highest BCUT2D eigenvalue weighted by Crippen LogP contribution is 2.51. The first-order chi connectivity index (χ1) is 16.2. The van der Waals surface area contributed by atoms with Crippen LogP contribution in [0, 0.1) is 24.7 Å². The van der Waals surface area contributed by atoms with E-state index in [2.05, 4.69) is 15.2 Å². The van der Waals surface area contributed by atoms with E-state index in [-0.39, 0.29) is 29.1 Å². The molecule has 3 atom stereocenters. The molecule has 178 valence electrons. The number of aryl methyl sites for hydroxylation is 1. The average Bonchev–Trinajstić information content (AvgIpc) is 3.27. The quantitative estimate of drug-likeness (QED) is 0.458. The molecule has 0 bridgehead atoms. The molecule has 1 aliphatic heterocycles. The molecule has 2 aliphatic rings. The number of pyridine rings is 1. The molecule has 3 unspecified atom stereocenters. The SMILES string of the molecule is Cc1cc(C(C)Nc2ccc(Cl)nc2C(=O)O)c2nc(N3CC4C(CO)C4C3)n(C)c(=O)c2c1. The number of carboxylic acids is 1.